The van der Waals surface area contributed by atoms with Gasteiger partial charge in [0, 0.05) is 6.04 Å². The number of benzene rings is 1. The van der Waals surface area contributed by atoms with Crippen LogP contribution in [0, 0.1) is 12.8 Å². The molecule has 132 valence electrons. The van der Waals surface area contributed by atoms with Crippen LogP contribution < -0.4 is 5.32 Å². The van der Waals surface area contributed by atoms with E-state index in [9.17, 15) is 19.2 Å². The number of amides is 3. The van der Waals surface area contributed by atoms with Gasteiger partial charge in [0.25, 0.3) is 11.8 Å². The molecule has 7 heteroatoms. The quantitative estimate of drug-likeness (QED) is 0.803. The Morgan fingerprint density at radius 3 is 2.40 bits per heavy atom. The highest BCUT2D eigenvalue weighted by atomic mass is 16.4. The first kappa shape index (κ1) is 17.1. The summed E-state index contributed by atoms with van der Waals surface area (Å²) in [5.41, 5.74) is 1.53. The summed E-state index contributed by atoms with van der Waals surface area (Å²) < 4.78 is 0. The van der Waals surface area contributed by atoms with Crippen LogP contribution in [0.3, 0.4) is 0 Å². The molecule has 0 saturated heterocycles. The number of aryl methyl sites for hydroxylation is 1. The van der Waals surface area contributed by atoms with Gasteiger partial charge in [-0.1, -0.05) is 11.6 Å². The first-order chi connectivity index (χ1) is 11.9. The molecule has 3 rings (SSSR count). The molecule has 1 aliphatic heterocycles. The van der Waals surface area contributed by atoms with Crippen molar-refractivity contribution in [3.63, 3.8) is 0 Å². The lowest BCUT2D eigenvalue weighted by molar-refractivity contribution is -0.142. The first-order valence-corrected chi connectivity index (χ1v) is 8.36. The van der Waals surface area contributed by atoms with E-state index in [-0.39, 0.29) is 18.5 Å². The van der Waals surface area contributed by atoms with Crippen molar-refractivity contribution >= 4 is 23.7 Å². The van der Waals surface area contributed by atoms with Crippen molar-refractivity contribution in [2.24, 2.45) is 5.92 Å². The molecule has 0 aromatic heterocycles. The van der Waals surface area contributed by atoms with Gasteiger partial charge in [0.2, 0.25) is 5.91 Å². The van der Waals surface area contributed by atoms with E-state index in [0.29, 0.717) is 36.8 Å². The SMILES string of the molecule is Cc1ccc2c(c1)C(=O)N(CC(=O)NC1CCC(C(=O)O)CC1)C2=O. The number of aliphatic carboxylic acids is 1. The highest BCUT2D eigenvalue weighted by Gasteiger charge is 2.37. The third-order valence-corrected chi connectivity index (χ3v) is 4.87. The maximum Gasteiger partial charge on any atom is 0.306 e. The van der Waals surface area contributed by atoms with Crippen LogP contribution in [0.5, 0.6) is 0 Å². The lowest BCUT2D eigenvalue weighted by atomic mass is 9.86. The second-order valence-corrected chi connectivity index (χ2v) is 6.70. The van der Waals surface area contributed by atoms with E-state index >= 15 is 0 Å². The van der Waals surface area contributed by atoms with Crippen LogP contribution in [0.15, 0.2) is 18.2 Å². The largest absolute Gasteiger partial charge is 0.481 e. The number of nitrogens with one attached hydrogen (secondary N) is 1. The van der Waals surface area contributed by atoms with Gasteiger partial charge in [-0.3, -0.25) is 24.1 Å². The van der Waals surface area contributed by atoms with Crippen LogP contribution in [0.25, 0.3) is 0 Å². The highest BCUT2D eigenvalue weighted by molar-refractivity contribution is 6.22. The summed E-state index contributed by atoms with van der Waals surface area (Å²) in [7, 11) is 0. The Bertz CT molecular complexity index is 750. The average Bonchev–Trinajstić information content (AvgIpc) is 2.80. The lowest BCUT2D eigenvalue weighted by Crippen LogP contribution is -2.45. The zero-order valence-corrected chi connectivity index (χ0v) is 13.9. The zero-order valence-electron chi connectivity index (χ0n) is 13.9. The molecule has 0 radical (unpaired) electrons. The van der Waals surface area contributed by atoms with E-state index in [1.165, 1.54) is 0 Å². The Morgan fingerprint density at radius 2 is 1.76 bits per heavy atom. The summed E-state index contributed by atoms with van der Waals surface area (Å²) in [6.45, 7) is 1.52. The molecule has 7 nitrogen and oxygen atoms in total. The average molecular weight is 344 g/mol. The maximum absolute atomic E-state index is 12.4. The van der Waals surface area contributed by atoms with Gasteiger partial charge in [0.15, 0.2) is 0 Å². The lowest BCUT2D eigenvalue weighted by Gasteiger charge is -2.27. The Kier molecular flexibility index (Phi) is 4.57. The van der Waals surface area contributed by atoms with Gasteiger partial charge in [0.1, 0.15) is 6.54 Å². The summed E-state index contributed by atoms with van der Waals surface area (Å²) in [6.07, 6.45) is 2.22. The Morgan fingerprint density at radius 1 is 1.12 bits per heavy atom. The van der Waals surface area contributed by atoms with Crippen LogP contribution in [0.2, 0.25) is 0 Å². The minimum absolute atomic E-state index is 0.111. The summed E-state index contributed by atoms with van der Waals surface area (Å²) in [5, 5.41) is 11.8. The number of carbonyl (C=O) groups is 4. The zero-order chi connectivity index (χ0) is 18.1. The summed E-state index contributed by atoms with van der Waals surface area (Å²) in [5.74, 6) is -2.46. The normalized spacial score (nSPS) is 22.7. The van der Waals surface area contributed by atoms with Crippen molar-refractivity contribution in [3.05, 3.63) is 34.9 Å². The number of fused-ring (bicyclic) bond motifs is 1. The molecule has 0 unspecified atom stereocenters. The molecule has 2 aliphatic rings. The molecule has 1 aliphatic carbocycles. The molecular formula is C18H20N2O5. The molecule has 1 aromatic rings. The molecule has 0 atom stereocenters. The number of nitrogens with zero attached hydrogens (tertiary/aromatic N) is 1. The van der Waals surface area contributed by atoms with Gasteiger partial charge in [-0.05, 0) is 44.7 Å². The van der Waals surface area contributed by atoms with Crippen molar-refractivity contribution in [1.82, 2.24) is 10.2 Å². The molecule has 2 N–H and O–H groups in total. The fourth-order valence-electron chi connectivity index (χ4n) is 3.45. The standard InChI is InChI=1S/C18H20N2O5/c1-10-2-7-13-14(8-10)17(23)20(16(13)22)9-15(21)19-12-5-3-11(4-6-12)18(24)25/h2,7-8,11-12H,3-6,9H2,1H3,(H,19,21)(H,24,25). The molecule has 0 bridgehead atoms. The van der Waals surface area contributed by atoms with Crippen molar-refractivity contribution in [2.75, 3.05) is 6.54 Å². The molecule has 1 fully saturated rings. The van der Waals surface area contributed by atoms with E-state index in [2.05, 4.69) is 5.32 Å². The van der Waals surface area contributed by atoms with Gasteiger partial charge in [0.05, 0.1) is 17.0 Å². The minimum atomic E-state index is -0.800. The van der Waals surface area contributed by atoms with Gasteiger partial charge < -0.3 is 10.4 Å². The molecule has 1 saturated carbocycles. The molecule has 1 aromatic carbocycles. The fraction of sp³-hybridized carbons (Fsp3) is 0.444. The monoisotopic (exact) mass is 344 g/mol. The number of hydrogen-bond donors (Lipinski definition) is 2. The molecule has 1 heterocycles. The van der Waals surface area contributed by atoms with E-state index < -0.39 is 23.7 Å². The van der Waals surface area contributed by atoms with Gasteiger partial charge >= 0.3 is 5.97 Å². The molecule has 25 heavy (non-hydrogen) atoms. The van der Waals surface area contributed by atoms with E-state index in [4.69, 9.17) is 5.11 Å². The Balaban J connectivity index is 1.58. The number of carbonyl (C=O) groups excluding carboxylic acids is 3. The fourth-order valence-corrected chi connectivity index (χ4v) is 3.45. The Labute approximate surface area is 145 Å². The van der Waals surface area contributed by atoms with Crippen LogP contribution in [0.1, 0.15) is 52.0 Å². The molecule has 3 amide bonds. The van der Waals surface area contributed by atoms with Crippen molar-refractivity contribution in [1.29, 1.82) is 0 Å². The van der Waals surface area contributed by atoms with Crippen LogP contribution in [-0.2, 0) is 9.59 Å². The number of rotatable bonds is 4. The third kappa shape index (κ3) is 3.40. The predicted molar refractivity (Wildman–Crippen MR) is 88.1 cm³/mol. The summed E-state index contributed by atoms with van der Waals surface area (Å²) in [6, 6.07) is 4.91. The highest BCUT2D eigenvalue weighted by Crippen LogP contribution is 2.25. The minimum Gasteiger partial charge on any atom is -0.481 e. The van der Waals surface area contributed by atoms with Crippen molar-refractivity contribution in [3.8, 4) is 0 Å². The number of imide groups is 1. The van der Waals surface area contributed by atoms with Gasteiger partial charge in [-0.2, -0.15) is 0 Å². The van der Waals surface area contributed by atoms with Gasteiger partial charge in [-0.15, -0.1) is 0 Å². The molecular weight excluding hydrogens is 324 g/mol. The van der Waals surface area contributed by atoms with E-state index in [0.717, 1.165) is 10.5 Å². The summed E-state index contributed by atoms with van der Waals surface area (Å²) >= 11 is 0. The van der Waals surface area contributed by atoms with Crippen LogP contribution in [-0.4, -0.2) is 46.3 Å². The van der Waals surface area contributed by atoms with E-state index in [1.54, 1.807) is 18.2 Å². The topological polar surface area (TPSA) is 104 Å². The van der Waals surface area contributed by atoms with Crippen LogP contribution in [0.4, 0.5) is 0 Å². The smallest absolute Gasteiger partial charge is 0.306 e. The number of hydrogen-bond acceptors (Lipinski definition) is 4. The third-order valence-electron chi connectivity index (χ3n) is 4.87. The van der Waals surface area contributed by atoms with E-state index in [1.807, 2.05) is 6.92 Å². The maximum atomic E-state index is 12.4. The van der Waals surface area contributed by atoms with Gasteiger partial charge in [-0.25, -0.2) is 0 Å². The predicted octanol–water partition coefficient (Wildman–Crippen LogP) is 1.35. The number of carboxylic acids is 1. The molecule has 0 spiro atoms. The number of carboxylic acid groups (broad SMARTS) is 1. The van der Waals surface area contributed by atoms with Crippen LogP contribution >= 0.6 is 0 Å². The Hall–Kier alpha value is -2.70. The second-order valence-electron chi connectivity index (χ2n) is 6.70. The van der Waals surface area contributed by atoms with Crippen molar-refractivity contribution in [2.45, 2.75) is 38.6 Å². The first-order valence-electron chi connectivity index (χ1n) is 8.36. The van der Waals surface area contributed by atoms with Crippen molar-refractivity contribution < 1.29 is 24.3 Å². The summed E-state index contributed by atoms with van der Waals surface area (Å²) in [4.78, 5) is 48.8. The second kappa shape index (κ2) is 6.66.